The van der Waals surface area contributed by atoms with Gasteiger partial charge in [-0.15, -0.1) is 11.8 Å². The molecule has 7 nitrogen and oxygen atoms in total. The minimum absolute atomic E-state index is 0.197. The average Bonchev–Trinajstić information content (AvgIpc) is 3.07. The normalized spacial score (nSPS) is 16.6. The van der Waals surface area contributed by atoms with Crippen molar-refractivity contribution in [2.75, 3.05) is 23.5 Å². The molecular weight excluding hydrogens is 344 g/mol. The number of benzene rings is 1. The quantitative estimate of drug-likeness (QED) is 0.576. The lowest BCUT2D eigenvalue weighted by Crippen LogP contribution is -2.41. The Bertz CT molecular complexity index is 620. The van der Waals surface area contributed by atoms with Crippen molar-refractivity contribution in [1.82, 2.24) is 4.90 Å². The predicted molar refractivity (Wildman–Crippen MR) is 96.0 cm³/mol. The Kier molecular flexibility index (Phi) is 7.12. The molecule has 1 fully saturated rings. The van der Waals surface area contributed by atoms with Crippen molar-refractivity contribution < 1.29 is 24.6 Å². The zero-order valence-corrected chi connectivity index (χ0v) is 14.6. The second kappa shape index (κ2) is 9.31. The van der Waals surface area contributed by atoms with E-state index in [-0.39, 0.29) is 12.3 Å². The molecule has 0 saturated carbocycles. The number of carboxylic acid groups (broad SMARTS) is 2. The zero-order valence-electron chi connectivity index (χ0n) is 13.8. The summed E-state index contributed by atoms with van der Waals surface area (Å²) in [6.45, 7) is 0.733. The lowest BCUT2D eigenvalue weighted by Gasteiger charge is -2.20. The molecule has 1 heterocycles. The van der Waals surface area contributed by atoms with Crippen LogP contribution in [-0.4, -0.2) is 57.2 Å². The van der Waals surface area contributed by atoms with Crippen LogP contribution in [0.25, 0.3) is 0 Å². The van der Waals surface area contributed by atoms with E-state index in [1.54, 1.807) is 24.3 Å². The van der Waals surface area contributed by atoms with Gasteiger partial charge in [-0.1, -0.05) is 6.42 Å². The summed E-state index contributed by atoms with van der Waals surface area (Å²) in [6, 6.07) is 6.21. The summed E-state index contributed by atoms with van der Waals surface area (Å²) in [4.78, 5) is 35.4. The number of thioether (sulfide) groups is 1. The fraction of sp³-hybridized carbons (Fsp3) is 0.471. The molecule has 1 unspecified atom stereocenters. The second-order valence-electron chi connectivity index (χ2n) is 5.84. The first-order valence-corrected chi connectivity index (χ1v) is 9.32. The molecule has 1 saturated heterocycles. The van der Waals surface area contributed by atoms with Gasteiger partial charge in [0, 0.05) is 30.0 Å². The van der Waals surface area contributed by atoms with E-state index in [9.17, 15) is 14.4 Å². The summed E-state index contributed by atoms with van der Waals surface area (Å²) in [5.74, 6) is -1.19. The van der Waals surface area contributed by atoms with Gasteiger partial charge in [0.25, 0.3) is 5.91 Å². The van der Waals surface area contributed by atoms with Gasteiger partial charge in [0.15, 0.2) is 0 Å². The molecule has 3 N–H and O–H groups in total. The first kappa shape index (κ1) is 19.1. The summed E-state index contributed by atoms with van der Waals surface area (Å²) >= 11 is 1.44. The van der Waals surface area contributed by atoms with Crippen LogP contribution in [0.4, 0.5) is 5.69 Å². The van der Waals surface area contributed by atoms with Crippen LogP contribution in [-0.2, 0) is 9.59 Å². The number of hydrogen-bond acceptors (Lipinski definition) is 5. The van der Waals surface area contributed by atoms with Gasteiger partial charge in [-0.05, 0) is 37.1 Å². The smallest absolute Gasteiger partial charge is 0.327 e. The fourth-order valence-corrected chi connectivity index (χ4v) is 3.70. The van der Waals surface area contributed by atoms with E-state index >= 15 is 0 Å². The first-order chi connectivity index (χ1) is 12.0. The lowest BCUT2D eigenvalue weighted by atomic mass is 10.1. The maximum Gasteiger partial charge on any atom is 0.327 e. The van der Waals surface area contributed by atoms with Crippen LogP contribution in [0.2, 0.25) is 0 Å². The van der Waals surface area contributed by atoms with Crippen LogP contribution in [0.15, 0.2) is 24.3 Å². The Labute approximate surface area is 150 Å². The van der Waals surface area contributed by atoms with E-state index in [1.165, 1.54) is 16.7 Å². The number of amides is 1. The van der Waals surface area contributed by atoms with Gasteiger partial charge in [0.05, 0.1) is 5.88 Å². The van der Waals surface area contributed by atoms with Crippen molar-refractivity contribution in [1.29, 1.82) is 0 Å². The second-order valence-corrected chi connectivity index (χ2v) is 6.84. The highest BCUT2D eigenvalue weighted by Gasteiger charge is 2.34. The summed E-state index contributed by atoms with van der Waals surface area (Å²) in [5.41, 5.74) is 1.35. The highest BCUT2D eigenvalue weighted by molar-refractivity contribution is 7.99. The number of anilines is 1. The number of hydrogen-bond donors (Lipinski definition) is 3. The van der Waals surface area contributed by atoms with Gasteiger partial charge in [-0.2, -0.15) is 0 Å². The van der Waals surface area contributed by atoms with Crippen molar-refractivity contribution in [2.24, 2.45) is 0 Å². The van der Waals surface area contributed by atoms with Gasteiger partial charge < -0.3 is 20.4 Å². The first-order valence-electron chi connectivity index (χ1n) is 8.16. The molecule has 0 spiro atoms. The van der Waals surface area contributed by atoms with Crippen molar-refractivity contribution in [3.05, 3.63) is 29.8 Å². The molecule has 8 heteroatoms. The number of carbonyl (C=O) groups excluding carboxylic acids is 1. The third-order valence-electron chi connectivity index (χ3n) is 3.96. The van der Waals surface area contributed by atoms with E-state index < -0.39 is 18.0 Å². The Morgan fingerprint density at radius 3 is 2.48 bits per heavy atom. The molecule has 0 aliphatic carbocycles. The summed E-state index contributed by atoms with van der Waals surface area (Å²) < 4.78 is 0. The van der Waals surface area contributed by atoms with Crippen LogP contribution in [0, 0.1) is 0 Å². The Hall–Kier alpha value is -2.22. The van der Waals surface area contributed by atoms with E-state index in [0.29, 0.717) is 23.6 Å². The fourth-order valence-electron chi connectivity index (χ4n) is 2.55. The minimum Gasteiger partial charge on any atom is -0.481 e. The Morgan fingerprint density at radius 1 is 1.12 bits per heavy atom. The lowest BCUT2D eigenvalue weighted by molar-refractivity contribution is -0.141. The maximum atomic E-state index is 12.4. The predicted octanol–water partition coefficient (Wildman–Crippen LogP) is 2.34. The molecule has 1 aliphatic rings. The van der Waals surface area contributed by atoms with E-state index in [0.717, 1.165) is 25.1 Å². The van der Waals surface area contributed by atoms with Gasteiger partial charge in [-0.25, -0.2) is 4.79 Å². The Balaban J connectivity index is 1.80. The minimum atomic E-state index is -0.973. The van der Waals surface area contributed by atoms with Gasteiger partial charge >= 0.3 is 11.9 Å². The van der Waals surface area contributed by atoms with Crippen LogP contribution in [0.5, 0.6) is 0 Å². The number of rotatable bonds is 9. The van der Waals surface area contributed by atoms with Crippen LogP contribution >= 0.6 is 11.8 Å². The van der Waals surface area contributed by atoms with Crippen LogP contribution in [0.1, 0.15) is 36.0 Å². The molecule has 1 amide bonds. The molecule has 1 aromatic rings. The molecule has 1 aromatic carbocycles. The molecular formula is C17H22N2O5S. The zero-order chi connectivity index (χ0) is 18.2. The number of carbonyl (C=O) groups is 3. The topological polar surface area (TPSA) is 107 Å². The number of nitrogens with zero attached hydrogens (tertiary/aromatic N) is 1. The highest BCUT2D eigenvalue weighted by atomic mass is 32.2. The summed E-state index contributed by atoms with van der Waals surface area (Å²) in [5, 5.41) is 21.0. The van der Waals surface area contributed by atoms with Crippen LogP contribution < -0.4 is 5.32 Å². The number of nitrogens with one attached hydrogen (secondary N) is 1. The van der Waals surface area contributed by atoms with Crippen molar-refractivity contribution in [2.45, 2.75) is 31.7 Å². The molecule has 25 heavy (non-hydrogen) atoms. The van der Waals surface area contributed by atoms with Crippen LogP contribution in [0.3, 0.4) is 0 Å². The Morgan fingerprint density at radius 2 is 1.84 bits per heavy atom. The van der Waals surface area contributed by atoms with Crippen molar-refractivity contribution in [3.8, 4) is 0 Å². The third kappa shape index (κ3) is 5.67. The molecule has 0 aromatic heterocycles. The van der Waals surface area contributed by atoms with Crippen molar-refractivity contribution >= 4 is 35.3 Å². The summed E-state index contributed by atoms with van der Waals surface area (Å²) in [6.07, 6.45) is 2.59. The van der Waals surface area contributed by atoms with Crippen molar-refractivity contribution in [3.63, 3.8) is 0 Å². The monoisotopic (exact) mass is 366 g/mol. The third-order valence-corrected chi connectivity index (χ3v) is 4.97. The number of carboxylic acids is 2. The number of aliphatic carboxylic acids is 2. The maximum absolute atomic E-state index is 12.4. The van der Waals surface area contributed by atoms with Gasteiger partial charge in [0.2, 0.25) is 0 Å². The largest absolute Gasteiger partial charge is 0.481 e. The molecule has 2 rings (SSSR count). The molecule has 136 valence electrons. The molecule has 0 radical (unpaired) electrons. The van der Waals surface area contributed by atoms with E-state index in [1.807, 2.05) is 0 Å². The SMILES string of the molecule is O=C(O)CCCCCNc1ccc(C(=O)N2CSCC2C(=O)O)cc1. The molecule has 1 atom stereocenters. The summed E-state index contributed by atoms with van der Waals surface area (Å²) in [7, 11) is 0. The average molecular weight is 366 g/mol. The van der Waals surface area contributed by atoms with Gasteiger partial charge in [0.1, 0.15) is 6.04 Å². The van der Waals surface area contributed by atoms with E-state index in [4.69, 9.17) is 10.2 Å². The molecule has 1 aliphatic heterocycles. The van der Waals surface area contributed by atoms with E-state index in [2.05, 4.69) is 5.32 Å². The number of unbranched alkanes of at least 4 members (excludes halogenated alkanes) is 2. The highest BCUT2D eigenvalue weighted by Crippen LogP contribution is 2.23. The molecule has 0 bridgehead atoms. The van der Waals surface area contributed by atoms with Gasteiger partial charge in [-0.3, -0.25) is 9.59 Å². The standard InChI is InChI=1S/C17H22N2O5S/c20-15(21)4-2-1-3-9-18-13-7-5-12(6-8-13)16(22)19-11-25-10-14(19)17(23)24/h5-8,14,18H,1-4,9-11H2,(H,20,21)(H,23,24).